The summed E-state index contributed by atoms with van der Waals surface area (Å²) in [6.07, 6.45) is 3.54. The zero-order chi connectivity index (χ0) is 42.2. The molecule has 5 nitrogen and oxygen atoms in total. The first-order valence-electron chi connectivity index (χ1n) is 19.7. The Hall–Kier alpha value is -5.92. The number of carbonyl (C=O) groups is 2. The van der Waals surface area contributed by atoms with Gasteiger partial charge >= 0.3 is 12.1 Å². The van der Waals surface area contributed by atoms with Crippen LogP contribution in [-0.2, 0) is 27.5 Å². The number of rotatable bonds is 7. The molecule has 0 spiro atoms. The minimum atomic E-state index is -0.715. The minimum Gasteiger partial charge on any atom is -0.460 e. The van der Waals surface area contributed by atoms with Gasteiger partial charge in [-0.25, -0.2) is 9.36 Å². The number of fused-ring (bicyclic) bond motifs is 8. The van der Waals surface area contributed by atoms with Crippen molar-refractivity contribution in [1.82, 2.24) is 4.57 Å². The number of aromatic nitrogens is 1. The normalized spacial score (nSPS) is 14.9. The second kappa shape index (κ2) is 15.5. The number of thiophene rings is 2. The molecule has 0 bridgehead atoms. The number of nitrogens with zero attached hydrogens (tertiary/aromatic N) is 1. The minimum absolute atomic E-state index is 0.101. The number of thiocarbonyl (C=S) groups is 4. The maximum absolute atomic E-state index is 14.5. The second-order valence-electron chi connectivity index (χ2n) is 15.2. The molecule has 1 unspecified atom stereocenters. The molecular weight excluding hydrogens is 883 g/mol. The molecule has 11 heteroatoms. The van der Waals surface area contributed by atoms with Crippen LogP contribution in [0.4, 0.5) is 4.79 Å². The van der Waals surface area contributed by atoms with Gasteiger partial charge < -0.3 is 9.47 Å². The van der Waals surface area contributed by atoms with Gasteiger partial charge in [0, 0.05) is 53.4 Å². The molecule has 0 saturated carbocycles. The van der Waals surface area contributed by atoms with Crippen LogP contribution < -0.4 is 0 Å². The molecule has 62 heavy (non-hydrogen) atoms. The van der Waals surface area contributed by atoms with Crippen molar-refractivity contribution in [2.24, 2.45) is 0 Å². The van der Waals surface area contributed by atoms with E-state index in [1.165, 1.54) is 0 Å². The van der Waals surface area contributed by atoms with Gasteiger partial charge in [0.25, 0.3) is 0 Å². The van der Waals surface area contributed by atoms with E-state index in [0.29, 0.717) is 30.5 Å². The molecule has 11 rings (SSSR count). The van der Waals surface area contributed by atoms with E-state index in [1.54, 1.807) is 27.2 Å². The summed E-state index contributed by atoms with van der Waals surface area (Å²) in [5.41, 5.74) is 11.1. The van der Waals surface area contributed by atoms with Crippen LogP contribution in [-0.4, -0.2) is 36.1 Å². The van der Waals surface area contributed by atoms with Crippen LogP contribution in [0, 0.1) is 0 Å². The maximum Gasteiger partial charge on any atom is 0.419 e. The average Bonchev–Trinajstić information content (AvgIpc) is 4.12. The van der Waals surface area contributed by atoms with Crippen molar-refractivity contribution in [3.8, 4) is 10.4 Å². The van der Waals surface area contributed by atoms with Crippen LogP contribution in [0.5, 0.6) is 0 Å². The van der Waals surface area contributed by atoms with Gasteiger partial charge in [0.05, 0.1) is 35.2 Å². The highest BCUT2D eigenvalue weighted by Gasteiger charge is 2.39. The lowest BCUT2D eigenvalue weighted by Gasteiger charge is -2.14. The fourth-order valence-electron chi connectivity index (χ4n) is 8.59. The Balaban J connectivity index is 1.06. The molecule has 0 amide bonds. The van der Waals surface area contributed by atoms with Crippen molar-refractivity contribution >= 4 is 136 Å². The lowest BCUT2D eigenvalue weighted by atomic mass is 9.96. The van der Waals surface area contributed by atoms with Crippen LogP contribution in [0.15, 0.2) is 145 Å². The van der Waals surface area contributed by atoms with Gasteiger partial charge in [-0.15, -0.1) is 22.7 Å². The molecule has 0 saturated heterocycles. The van der Waals surface area contributed by atoms with Gasteiger partial charge in [0.15, 0.2) is 0 Å². The van der Waals surface area contributed by atoms with Gasteiger partial charge in [0.2, 0.25) is 0 Å². The van der Waals surface area contributed by atoms with Crippen LogP contribution >= 0.6 is 71.5 Å². The highest BCUT2D eigenvalue weighted by molar-refractivity contribution is 7.84. The fraction of sp³-hybridized carbons (Fsp3) is 0.0588. The van der Waals surface area contributed by atoms with Crippen molar-refractivity contribution in [3.05, 3.63) is 199 Å². The zero-order valence-electron chi connectivity index (χ0n) is 32.4. The van der Waals surface area contributed by atoms with Gasteiger partial charge in [-0.05, 0) is 64.2 Å². The van der Waals surface area contributed by atoms with Gasteiger partial charge in [-0.1, -0.05) is 158 Å². The molecular formula is C51H29NO4S6. The number of allylic oxidation sites excluding steroid dienone is 2. The van der Waals surface area contributed by atoms with Crippen molar-refractivity contribution in [3.63, 3.8) is 0 Å². The molecule has 0 aliphatic heterocycles. The molecule has 3 aliphatic rings. The summed E-state index contributed by atoms with van der Waals surface area (Å²) in [5, 5.41) is 0.822. The molecule has 1 atom stereocenters. The van der Waals surface area contributed by atoms with Crippen molar-refractivity contribution < 1.29 is 19.1 Å². The molecule has 3 aliphatic carbocycles. The van der Waals surface area contributed by atoms with E-state index in [2.05, 4.69) is 12.1 Å². The van der Waals surface area contributed by atoms with E-state index in [-0.39, 0.29) is 19.2 Å². The molecule has 0 N–H and O–H groups in total. The molecule has 3 aromatic heterocycles. The Morgan fingerprint density at radius 2 is 1.05 bits per heavy atom. The third-order valence-electron chi connectivity index (χ3n) is 11.5. The first kappa shape index (κ1) is 39.0. The topological polar surface area (TPSA) is 57.5 Å². The number of hydrogen-bond acceptors (Lipinski definition) is 10. The quantitative estimate of drug-likeness (QED) is 0.0890. The smallest absolute Gasteiger partial charge is 0.419 e. The SMILES string of the molecule is O=C(OCc1ccccc1)C1c2cc3c4sc(C=C5C(=S)c6ccccc6C5=S)cc4n(C(=O)OCc4ccccc4)c3cc2-c2sc(C=C3C(=S)c4ccccc4C3=S)cc21. The molecule has 3 heterocycles. The van der Waals surface area contributed by atoms with Crippen molar-refractivity contribution in [2.75, 3.05) is 0 Å². The Morgan fingerprint density at radius 1 is 0.548 bits per heavy atom. The van der Waals surface area contributed by atoms with Gasteiger partial charge in [0.1, 0.15) is 19.1 Å². The molecule has 0 radical (unpaired) electrons. The first-order chi connectivity index (χ1) is 30.2. The highest BCUT2D eigenvalue weighted by Crippen LogP contribution is 2.53. The van der Waals surface area contributed by atoms with E-state index < -0.39 is 12.0 Å². The lowest BCUT2D eigenvalue weighted by Crippen LogP contribution is -2.15. The van der Waals surface area contributed by atoms with Crippen LogP contribution in [0.25, 0.3) is 43.7 Å². The van der Waals surface area contributed by atoms with Crippen LogP contribution in [0.2, 0.25) is 0 Å². The molecule has 298 valence electrons. The number of hydrogen-bond donors (Lipinski definition) is 0. The first-order valence-corrected chi connectivity index (χ1v) is 23.0. The summed E-state index contributed by atoms with van der Waals surface area (Å²) in [5.74, 6) is -1.07. The van der Waals surface area contributed by atoms with E-state index >= 15 is 0 Å². The van der Waals surface area contributed by atoms with E-state index in [0.717, 1.165) is 85.9 Å². The summed E-state index contributed by atoms with van der Waals surface area (Å²) in [4.78, 5) is 34.4. The van der Waals surface area contributed by atoms with Gasteiger partial charge in [-0.3, -0.25) is 4.79 Å². The summed E-state index contributed by atoms with van der Waals surface area (Å²) < 4.78 is 14.6. The maximum atomic E-state index is 14.5. The Labute approximate surface area is 385 Å². The highest BCUT2D eigenvalue weighted by atomic mass is 32.1. The zero-order valence-corrected chi connectivity index (χ0v) is 37.3. The standard InChI is InChI=1S/C51H29NO4S6/c53-50(55-25-27-11-3-1-4-12-27)43-35-23-37-41(24-36(35)48-38(43)19-29(61-48)20-39-44(57)31-15-7-8-16-32(31)45(39)58)52(51(54)56-26-28-13-5-2-6-14-28)42-22-30(62-49(37)42)21-40-46(59)33-17-9-10-18-34(33)47(40)60/h1-24,43H,25-26H2. The third kappa shape index (κ3) is 6.42. The lowest BCUT2D eigenvalue weighted by molar-refractivity contribution is -0.145. The number of esters is 1. The largest absolute Gasteiger partial charge is 0.460 e. The fourth-order valence-corrected chi connectivity index (χ4v) is 12.4. The molecule has 5 aromatic carbocycles. The monoisotopic (exact) mass is 911 g/mol. The van der Waals surface area contributed by atoms with Crippen molar-refractivity contribution in [2.45, 2.75) is 19.1 Å². The van der Waals surface area contributed by atoms with Crippen LogP contribution in [0.1, 0.15) is 60.2 Å². The van der Waals surface area contributed by atoms with Crippen molar-refractivity contribution in [1.29, 1.82) is 0 Å². The summed E-state index contributed by atoms with van der Waals surface area (Å²) in [6.45, 7) is 0.235. The Bertz CT molecular complexity index is 3290. The number of benzene rings is 5. The summed E-state index contributed by atoms with van der Waals surface area (Å²) in [7, 11) is 0. The van der Waals surface area contributed by atoms with E-state index in [9.17, 15) is 9.59 Å². The van der Waals surface area contributed by atoms with E-state index in [1.807, 2.05) is 133 Å². The summed E-state index contributed by atoms with van der Waals surface area (Å²) >= 11 is 26.8. The Kier molecular flexibility index (Phi) is 9.72. The molecule has 8 aromatic rings. The predicted octanol–water partition coefficient (Wildman–Crippen LogP) is 13.0. The Morgan fingerprint density at radius 3 is 1.60 bits per heavy atom. The predicted molar refractivity (Wildman–Crippen MR) is 266 cm³/mol. The third-order valence-corrected chi connectivity index (χ3v) is 15.5. The van der Waals surface area contributed by atoms with Crippen LogP contribution in [0.3, 0.4) is 0 Å². The number of ether oxygens (including phenoxy) is 2. The molecule has 0 fully saturated rings. The second-order valence-corrected chi connectivity index (χ2v) is 19.0. The number of carbonyl (C=O) groups excluding carboxylic acids is 2. The average molecular weight is 912 g/mol. The van der Waals surface area contributed by atoms with E-state index in [4.69, 9.17) is 58.3 Å². The summed E-state index contributed by atoms with van der Waals surface area (Å²) in [6, 6.07) is 43.3. The van der Waals surface area contributed by atoms with Gasteiger partial charge in [-0.2, -0.15) is 0 Å².